The van der Waals surface area contributed by atoms with Crippen molar-refractivity contribution in [2.45, 2.75) is 32.4 Å². The van der Waals surface area contributed by atoms with Gasteiger partial charge in [0.2, 0.25) is 11.8 Å². The maximum absolute atomic E-state index is 11.3. The fourth-order valence-corrected chi connectivity index (χ4v) is 0.958. The van der Waals surface area contributed by atoms with Gasteiger partial charge in [0.1, 0.15) is 0 Å². The first-order valence-corrected chi connectivity index (χ1v) is 4.91. The van der Waals surface area contributed by atoms with E-state index >= 15 is 0 Å². The third-order valence-corrected chi connectivity index (χ3v) is 1.63. The second-order valence-corrected chi connectivity index (χ2v) is 3.57. The van der Waals surface area contributed by atoms with Gasteiger partial charge in [-0.05, 0) is 20.3 Å². The number of nitrogens with one attached hydrogen (secondary N) is 2. The lowest BCUT2D eigenvalue weighted by atomic mass is 10.2. The summed E-state index contributed by atoms with van der Waals surface area (Å²) in [5.41, 5.74) is 5.50. The first-order valence-electron chi connectivity index (χ1n) is 4.91. The summed E-state index contributed by atoms with van der Waals surface area (Å²) in [5, 5.41) is 5.10. The van der Waals surface area contributed by atoms with E-state index in [1.165, 1.54) is 0 Å². The van der Waals surface area contributed by atoms with E-state index in [1.54, 1.807) is 6.08 Å². The summed E-state index contributed by atoms with van der Waals surface area (Å²) in [4.78, 5) is 22.4. The lowest BCUT2D eigenvalue weighted by molar-refractivity contribution is -0.127. The van der Waals surface area contributed by atoms with Gasteiger partial charge in [0.15, 0.2) is 0 Å². The van der Waals surface area contributed by atoms with Crippen LogP contribution in [-0.2, 0) is 9.59 Å². The van der Waals surface area contributed by atoms with E-state index in [1.807, 2.05) is 13.8 Å². The fraction of sp³-hybridized carbons (Fsp3) is 0.600. The highest BCUT2D eigenvalue weighted by molar-refractivity contribution is 5.87. The van der Waals surface area contributed by atoms with Crippen molar-refractivity contribution in [1.82, 2.24) is 10.6 Å². The van der Waals surface area contributed by atoms with Crippen molar-refractivity contribution < 1.29 is 9.59 Å². The van der Waals surface area contributed by atoms with Gasteiger partial charge in [-0.3, -0.25) is 9.59 Å². The molecular weight excluding hydrogens is 194 g/mol. The molecule has 0 spiro atoms. The molecule has 1 atom stereocenters. The van der Waals surface area contributed by atoms with E-state index < -0.39 is 6.04 Å². The van der Waals surface area contributed by atoms with Gasteiger partial charge >= 0.3 is 0 Å². The average Bonchev–Trinajstić information content (AvgIpc) is 2.13. The minimum Gasteiger partial charge on any atom is -0.352 e. The molecule has 2 amide bonds. The minimum atomic E-state index is -0.630. The van der Waals surface area contributed by atoms with E-state index in [2.05, 4.69) is 17.2 Å². The van der Waals surface area contributed by atoms with E-state index in [4.69, 9.17) is 5.73 Å². The molecule has 86 valence electrons. The molecule has 0 rings (SSSR count). The van der Waals surface area contributed by atoms with E-state index in [0.717, 1.165) is 0 Å². The molecular formula is C10H19N3O2. The van der Waals surface area contributed by atoms with Crippen LogP contribution in [0, 0.1) is 0 Å². The Hall–Kier alpha value is -1.36. The third-order valence-electron chi connectivity index (χ3n) is 1.63. The van der Waals surface area contributed by atoms with Crippen molar-refractivity contribution in [2.75, 3.05) is 6.54 Å². The normalized spacial score (nSPS) is 12.0. The van der Waals surface area contributed by atoms with Gasteiger partial charge < -0.3 is 16.4 Å². The summed E-state index contributed by atoms with van der Waals surface area (Å²) >= 11 is 0. The van der Waals surface area contributed by atoms with Crippen LogP contribution in [0.25, 0.3) is 0 Å². The Balaban J connectivity index is 3.79. The molecule has 0 aromatic heterocycles. The van der Waals surface area contributed by atoms with Gasteiger partial charge in [-0.1, -0.05) is 6.08 Å². The molecule has 0 saturated carbocycles. The number of nitrogens with two attached hydrogens (primary N) is 1. The van der Waals surface area contributed by atoms with Crippen LogP contribution in [0.2, 0.25) is 0 Å². The minimum absolute atomic E-state index is 0.0398. The van der Waals surface area contributed by atoms with Crippen LogP contribution in [0.3, 0.4) is 0 Å². The zero-order valence-electron chi connectivity index (χ0n) is 9.25. The van der Waals surface area contributed by atoms with Crippen molar-refractivity contribution >= 4 is 11.8 Å². The summed E-state index contributed by atoms with van der Waals surface area (Å²) in [7, 11) is 0. The molecule has 5 nitrogen and oxygen atoms in total. The summed E-state index contributed by atoms with van der Waals surface area (Å²) < 4.78 is 0. The van der Waals surface area contributed by atoms with E-state index in [-0.39, 0.29) is 24.4 Å². The molecule has 0 aliphatic carbocycles. The maximum Gasteiger partial charge on any atom is 0.239 e. The van der Waals surface area contributed by atoms with Gasteiger partial charge in [-0.25, -0.2) is 0 Å². The standard InChI is InChI=1S/C10H19N3O2/c1-4-5-8(11)10(15)12-6-9(14)13-7(2)3/h4,7-8H,1,5-6,11H2,2-3H3,(H,12,15)(H,13,14). The van der Waals surface area contributed by atoms with Crippen LogP contribution in [-0.4, -0.2) is 30.4 Å². The Labute approximate surface area is 90.1 Å². The number of carbonyl (C=O) groups is 2. The molecule has 0 aliphatic heterocycles. The number of rotatable bonds is 6. The molecule has 0 saturated heterocycles. The Morgan fingerprint density at radius 3 is 2.53 bits per heavy atom. The third kappa shape index (κ3) is 6.68. The number of hydrogen-bond acceptors (Lipinski definition) is 3. The van der Waals surface area contributed by atoms with Crippen LogP contribution in [0.4, 0.5) is 0 Å². The zero-order chi connectivity index (χ0) is 11.8. The summed E-state index contributed by atoms with van der Waals surface area (Å²) in [6.45, 7) is 7.14. The molecule has 4 N–H and O–H groups in total. The van der Waals surface area contributed by atoms with Crippen molar-refractivity contribution in [3.05, 3.63) is 12.7 Å². The Morgan fingerprint density at radius 1 is 1.47 bits per heavy atom. The highest BCUT2D eigenvalue weighted by atomic mass is 16.2. The molecule has 5 heteroatoms. The van der Waals surface area contributed by atoms with Crippen molar-refractivity contribution in [1.29, 1.82) is 0 Å². The van der Waals surface area contributed by atoms with Gasteiger partial charge in [-0.15, -0.1) is 6.58 Å². The summed E-state index contributed by atoms with van der Waals surface area (Å²) in [5.74, 6) is -0.557. The Kier molecular flexibility index (Phi) is 6.37. The highest BCUT2D eigenvalue weighted by Gasteiger charge is 2.12. The molecule has 0 aliphatic rings. The number of amides is 2. The number of carbonyl (C=O) groups excluding carboxylic acids is 2. The molecule has 0 radical (unpaired) electrons. The quantitative estimate of drug-likeness (QED) is 0.521. The van der Waals surface area contributed by atoms with Crippen LogP contribution < -0.4 is 16.4 Å². The van der Waals surface area contributed by atoms with E-state index in [9.17, 15) is 9.59 Å². The first-order chi connectivity index (χ1) is 6.97. The molecule has 0 fully saturated rings. The molecule has 1 unspecified atom stereocenters. The van der Waals surface area contributed by atoms with Gasteiger partial charge in [-0.2, -0.15) is 0 Å². The summed E-state index contributed by atoms with van der Waals surface area (Å²) in [6.07, 6.45) is 1.97. The SMILES string of the molecule is C=CCC(N)C(=O)NCC(=O)NC(C)C. The maximum atomic E-state index is 11.3. The largest absolute Gasteiger partial charge is 0.352 e. The predicted octanol–water partition coefficient (Wildman–Crippen LogP) is -0.469. The van der Waals surface area contributed by atoms with Gasteiger partial charge in [0.25, 0.3) is 0 Å². The van der Waals surface area contributed by atoms with E-state index in [0.29, 0.717) is 6.42 Å². The second-order valence-electron chi connectivity index (χ2n) is 3.57. The molecule has 0 aromatic rings. The smallest absolute Gasteiger partial charge is 0.239 e. The van der Waals surface area contributed by atoms with Crippen LogP contribution in [0.15, 0.2) is 12.7 Å². The van der Waals surface area contributed by atoms with Crippen molar-refractivity contribution in [3.8, 4) is 0 Å². The second kappa shape index (κ2) is 7.00. The van der Waals surface area contributed by atoms with Gasteiger partial charge in [0, 0.05) is 6.04 Å². The fourth-order valence-electron chi connectivity index (χ4n) is 0.958. The lowest BCUT2D eigenvalue weighted by Gasteiger charge is -2.11. The average molecular weight is 213 g/mol. The summed E-state index contributed by atoms with van der Waals surface area (Å²) in [6, 6.07) is -0.564. The van der Waals surface area contributed by atoms with Crippen LogP contribution in [0.5, 0.6) is 0 Å². The van der Waals surface area contributed by atoms with Crippen molar-refractivity contribution in [3.63, 3.8) is 0 Å². The first kappa shape index (κ1) is 13.6. The molecule has 15 heavy (non-hydrogen) atoms. The predicted molar refractivity (Wildman–Crippen MR) is 59.1 cm³/mol. The monoisotopic (exact) mass is 213 g/mol. The van der Waals surface area contributed by atoms with Gasteiger partial charge in [0.05, 0.1) is 12.6 Å². The molecule has 0 aromatic carbocycles. The molecule has 0 bridgehead atoms. The van der Waals surface area contributed by atoms with Crippen LogP contribution >= 0.6 is 0 Å². The number of hydrogen-bond donors (Lipinski definition) is 3. The topological polar surface area (TPSA) is 84.2 Å². The zero-order valence-corrected chi connectivity index (χ0v) is 9.25. The van der Waals surface area contributed by atoms with Crippen LogP contribution in [0.1, 0.15) is 20.3 Å². The highest BCUT2D eigenvalue weighted by Crippen LogP contribution is 1.88. The van der Waals surface area contributed by atoms with Crippen molar-refractivity contribution in [2.24, 2.45) is 5.73 Å². The molecule has 0 heterocycles. The lowest BCUT2D eigenvalue weighted by Crippen LogP contribution is -2.45. The Morgan fingerprint density at radius 2 is 2.07 bits per heavy atom. The Bertz CT molecular complexity index is 239.